The molecule has 4 heteroatoms. The van der Waals surface area contributed by atoms with Gasteiger partial charge in [-0.25, -0.2) is 0 Å². The maximum atomic E-state index is 4.23. The predicted octanol–water partition coefficient (Wildman–Crippen LogP) is 0.944. The Morgan fingerprint density at radius 2 is 2.27 bits per heavy atom. The summed E-state index contributed by atoms with van der Waals surface area (Å²) in [5, 5.41) is 7.66. The minimum absolute atomic E-state index is 0.918. The van der Waals surface area contributed by atoms with Gasteiger partial charge in [-0.3, -0.25) is 4.68 Å². The number of aromatic nitrogens is 2. The summed E-state index contributed by atoms with van der Waals surface area (Å²) in [6, 6.07) is 2.07. The quantitative estimate of drug-likeness (QED) is 0.680. The Morgan fingerprint density at radius 1 is 1.47 bits per heavy atom. The maximum absolute atomic E-state index is 4.23. The fourth-order valence-electron chi connectivity index (χ4n) is 1.53. The summed E-state index contributed by atoms with van der Waals surface area (Å²) in [7, 11) is 4.21. The maximum Gasteiger partial charge on any atom is 0.0521 e. The van der Waals surface area contributed by atoms with E-state index in [-0.39, 0.29) is 0 Å². The molecule has 86 valence electrons. The minimum Gasteiger partial charge on any atom is -0.311 e. The second kappa shape index (κ2) is 6.58. The number of rotatable bonds is 7. The van der Waals surface area contributed by atoms with Crippen molar-refractivity contribution in [3.8, 4) is 0 Å². The molecule has 0 aliphatic carbocycles. The third-order valence-corrected chi connectivity index (χ3v) is 2.37. The molecule has 1 rings (SSSR count). The van der Waals surface area contributed by atoms with Crippen LogP contribution in [0.25, 0.3) is 0 Å². The van der Waals surface area contributed by atoms with Crippen LogP contribution in [0.2, 0.25) is 0 Å². The molecule has 0 saturated heterocycles. The van der Waals surface area contributed by atoms with Crippen LogP contribution in [0.3, 0.4) is 0 Å². The van der Waals surface area contributed by atoms with Crippen molar-refractivity contribution in [3.63, 3.8) is 0 Å². The van der Waals surface area contributed by atoms with Gasteiger partial charge in [-0.05, 0) is 46.6 Å². The summed E-state index contributed by atoms with van der Waals surface area (Å²) in [5.74, 6) is 0. The molecule has 0 spiro atoms. The third kappa shape index (κ3) is 4.44. The molecule has 0 aromatic carbocycles. The van der Waals surface area contributed by atoms with Crippen LogP contribution < -0.4 is 5.32 Å². The van der Waals surface area contributed by atoms with Gasteiger partial charge in [0.05, 0.1) is 5.69 Å². The van der Waals surface area contributed by atoms with E-state index in [1.165, 1.54) is 12.1 Å². The lowest BCUT2D eigenvalue weighted by Gasteiger charge is -2.10. The fourth-order valence-corrected chi connectivity index (χ4v) is 1.53. The molecule has 0 saturated carbocycles. The fraction of sp³-hybridized carbons (Fsp3) is 0.727. The van der Waals surface area contributed by atoms with Crippen LogP contribution in [0.1, 0.15) is 19.0 Å². The van der Waals surface area contributed by atoms with Crippen molar-refractivity contribution in [3.05, 3.63) is 18.0 Å². The van der Waals surface area contributed by atoms with Crippen molar-refractivity contribution in [1.29, 1.82) is 0 Å². The normalized spacial score (nSPS) is 11.2. The van der Waals surface area contributed by atoms with Crippen LogP contribution in [-0.4, -0.2) is 41.9 Å². The van der Waals surface area contributed by atoms with E-state index >= 15 is 0 Å². The highest BCUT2D eigenvalue weighted by Gasteiger charge is 1.99. The first-order valence-electron chi connectivity index (χ1n) is 5.60. The first kappa shape index (κ1) is 12.2. The van der Waals surface area contributed by atoms with Crippen LogP contribution in [0.15, 0.2) is 12.3 Å². The van der Waals surface area contributed by atoms with E-state index in [1.54, 1.807) is 0 Å². The van der Waals surface area contributed by atoms with Gasteiger partial charge in [0, 0.05) is 19.3 Å². The van der Waals surface area contributed by atoms with Gasteiger partial charge in [0.25, 0.3) is 0 Å². The summed E-state index contributed by atoms with van der Waals surface area (Å²) in [5.41, 5.74) is 1.27. The summed E-state index contributed by atoms with van der Waals surface area (Å²) in [6.45, 7) is 6.18. The molecule has 0 aliphatic heterocycles. The molecule has 4 nitrogen and oxygen atoms in total. The van der Waals surface area contributed by atoms with E-state index in [9.17, 15) is 0 Å². The number of nitrogens with zero attached hydrogens (tertiary/aromatic N) is 3. The highest BCUT2D eigenvalue weighted by Crippen LogP contribution is 1.97. The van der Waals surface area contributed by atoms with E-state index in [0.717, 1.165) is 26.2 Å². The van der Waals surface area contributed by atoms with Gasteiger partial charge in [0.2, 0.25) is 0 Å². The number of hydrogen-bond donors (Lipinski definition) is 1. The van der Waals surface area contributed by atoms with Crippen molar-refractivity contribution < 1.29 is 0 Å². The van der Waals surface area contributed by atoms with E-state index in [4.69, 9.17) is 0 Å². The molecule has 1 N–H and O–H groups in total. The Kier molecular flexibility index (Phi) is 5.36. The van der Waals surface area contributed by atoms with Crippen molar-refractivity contribution in [1.82, 2.24) is 20.0 Å². The van der Waals surface area contributed by atoms with Gasteiger partial charge in [0.1, 0.15) is 0 Å². The Bertz CT molecular complexity index is 267. The molecule has 0 aliphatic rings. The van der Waals surface area contributed by atoms with Gasteiger partial charge in [0.15, 0.2) is 0 Å². The van der Waals surface area contributed by atoms with Crippen LogP contribution >= 0.6 is 0 Å². The standard InChI is InChI=1S/C11H22N4/c1-4-15-11(6-8-13-15)10-12-7-5-9-14(2)3/h6,8,12H,4-5,7,9-10H2,1-3H3. The Balaban J connectivity index is 2.15. The Labute approximate surface area is 92.3 Å². The summed E-state index contributed by atoms with van der Waals surface area (Å²) >= 11 is 0. The van der Waals surface area contributed by atoms with Crippen molar-refractivity contribution in [2.45, 2.75) is 26.4 Å². The summed E-state index contributed by atoms with van der Waals surface area (Å²) in [6.07, 6.45) is 3.05. The van der Waals surface area contributed by atoms with Gasteiger partial charge in [-0.1, -0.05) is 0 Å². The number of hydrogen-bond acceptors (Lipinski definition) is 3. The highest BCUT2D eigenvalue weighted by molar-refractivity contribution is 4.99. The van der Waals surface area contributed by atoms with Crippen molar-refractivity contribution in [2.75, 3.05) is 27.2 Å². The largest absolute Gasteiger partial charge is 0.311 e. The summed E-state index contributed by atoms with van der Waals surface area (Å²) in [4.78, 5) is 2.21. The zero-order chi connectivity index (χ0) is 11.1. The summed E-state index contributed by atoms with van der Waals surface area (Å²) < 4.78 is 2.03. The third-order valence-electron chi connectivity index (χ3n) is 2.37. The van der Waals surface area contributed by atoms with Gasteiger partial charge in [-0.15, -0.1) is 0 Å². The van der Waals surface area contributed by atoms with E-state index < -0.39 is 0 Å². The lowest BCUT2D eigenvalue weighted by molar-refractivity contribution is 0.393. The monoisotopic (exact) mass is 210 g/mol. The molecule has 1 heterocycles. The molecule has 15 heavy (non-hydrogen) atoms. The molecule has 0 amide bonds. The number of aryl methyl sites for hydroxylation is 1. The van der Waals surface area contributed by atoms with E-state index in [0.29, 0.717) is 0 Å². The number of nitrogens with one attached hydrogen (secondary N) is 1. The lowest BCUT2D eigenvalue weighted by atomic mass is 10.3. The zero-order valence-electron chi connectivity index (χ0n) is 10.0. The first-order chi connectivity index (χ1) is 7.24. The molecular weight excluding hydrogens is 188 g/mol. The molecule has 0 atom stereocenters. The van der Waals surface area contributed by atoms with Crippen LogP contribution in [0, 0.1) is 0 Å². The minimum atomic E-state index is 0.918. The zero-order valence-corrected chi connectivity index (χ0v) is 10.0. The molecule has 0 fully saturated rings. The van der Waals surface area contributed by atoms with E-state index in [2.05, 4.69) is 42.4 Å². The Hall–Kier alpha value is -0.870. The smallest absolute Gasteiger partial charge is 0.0521 e. The Morgan fingerprint density at radius 3 is 2.93 bits per heavy atom. The van der Waals surface area contributed by atoms with E-state index in [1.807, 2.05) is 10.9 Å². The van der Waals surface area contributed by atoms with Crippen molar-refractivity contribution in [2.24, 2.45) is 0 Å². The molecule has 0 unspecified atom stereocenters. The average Bonchev–Trinajstić information content (AvgIpc) is 2.64. The molecule has 0 bridgehead atoms. The topological polar surface area (TPSA) is 33.1 Å². The lowest BCUT2D eigenvalue weighted by Crippen LogP contribution is -2.22. The second-order valence-corrected chi connectivity index (χ2v) is 3.97. The van der Waals surface area contributed by atoms with Crippen LogP contribution in [-0.2, 0) is 13.1 Å². The molecule has 1 aromatic rings. The highest BCUT2D eigenvalue weighted by atomic mass is 15.3. The van der Waals surface area contributed by atoms with Crippen LogP contribution in [0.5, 0.6) is 0 Å². The van der Waals surface area contributed by atoms with Crippen molar-refractivity contribution >= 4 is 0 Å². The average molecular weight is 210 g/mol. The van der Waals surface area contributed by atoms with Gasteiger partial charge in [-0.2, -0.15) is 5.10 Å². The molecule has 0 radical (unpaired) electrons. The molecular formula is C11H22N4. The molecule has 1 aromatic heterocycles. The SMILES string of the molecule is CCn1nccc1CNCCCN(C)C. The second-order valence-electron chi connectivity index (χ2n) is 3.97. The van der Waals surface area contributed by atoms with Crippen LogP contribution in [0.4, 0.5) is 0 Å². The van der Waals surface area contributed by atoms with Gasteiger partial charge < -0.3 is 10.2 Å². The first-order valence-corrected chi connectivity index (χ1v) is 5.60. The van der Waals surface area contributed by atoms with Gasteiger partial charge >= 0.3 is 0 Å². The predicted molar refractivity (Wildman–Crippen MR) is 62.8 cm³/mol.